The smallest absolute Gasteiger partial charge is 0.303 e. The lowest BCUT2D eigenvalue weighted by atomic mass is 9.86. The van der Waals surface area contributed by atoms with E-state index in [4.69, 9.17) is 15.0 Å². The number of nitrogens with zero attached hydrogens (tertiary/aromatic N) is 3. The molecule has 1 aliphatic carbocycles. The van der Waals surface area contributed by atoms with Gasteiger partial charge in [0.2, 0.25) is 0 Å². The highest BCUT2D eigenvalue weighted by Gasteiger charge is 2.41. The van der Waals surface area contributed by atoms with Gasteiger partial charge >= 0.3 is 5.97 Å². The van der Waals surface area contributed by atoms with Gasteiger partial charge in [-0.25, -0.2) is 15.0 Å². The minimum absolute atomic E-state index is 0.0362. The topological polar surface area (TPSA) is 107 Å². The minimum Gasteiger partial charge on any atom is -0.511 e. The molecule has 206 valence electrons. The predicted molar refractivity (Wildman–Crippen MR) is 159 cm³/mol. The fourth-order valence-corrected chi connectivity index (χ4v) is 6.76. The lowest BCUT2D eigenvalue weighted by Crippen LogP contribution is -2.15. The van der Waals surface area contributed by atoms with Crippen LogP contribution in [0.5, 0.6) is 0 Å². The zero-order chi connectivity index (χ0) is 28.6. The Kier molecular flexibility index (Phi) is 6.09. The van der Waals surface area contributed by atoms with Crippen LogP contribution in [-0.4, -0.2) is 33.3 Å². The Morgan fingerprint density at radius 3 is 2.38 bits per heavy atom. The minimum atomic E-state index is -0.810. The molecule has 1 fully saturated rings. The van der Waals surface area contributed by atoms with Gasteiger partial charge in [-0.05, 0) is 86.1 Å². The second-order valence-corrected chi connectivity index (χ2v) is 11.9. The average Bonchev–Trinajstić information content (AvgIpc) is 3.63. The van der Waals surface area contributed by atoms with Crippen molar-refractivity contribution >= 4 is 23.1 Å². The first kappa shape index (κ1) is 26.2. The highest BCUT2D eigenvalue weighted by Crippen LogP contribution is 2.46. The molecule has 6 aliphatic rings. The van der Waals surface area contributed by atoms with Gasteiger partial charge in [-0.3, -0.25) is 4.79 Å². The monoisotopic (exact) mass is 536 g/mol. The van der Waals surface area contributed by atoms with E-state index in [-0.39, 0.29) is 24.2 Å². The lowest BCUT2D eigenvalue weighted by Gasteiger charge is -2.17. The van der Waals surface area contributed by atoms with Crippen molar-refractivity contribution in [2.24, 2.45) is 32.7 Å². The maximum absolute atomic E-state index is 11.6. The van der Waals surface area contributed by atoms with Crippen LogP contribution in [0, 0.1) is 17.8 Å². The Morgan fingerprint density at radius 1 is 0.975 bits per heavy atom. The van der Waals surface area contributed by atoms with Gasteiger partial charge in [-0.15, -0.1) is 0 Å². The Labute approximate surface area is 235 Å². The number of aliphatic carboxylic acids is 1. The summed E-state index contributed by atoms with van der Waals surface area (Å²) in [7, 11) is 0. The van der Waals surface area contributed by atoms with Crippen LogP contribution in [0.25, 0.3) is 0 Å². The van der Waals surface area contributed by atoms with E-state index in [0.717, 1.165) is 79.1 Å². The van der Waals surface area contributed by atoms with Gasteiger partial charge in [0.1, 0.15) is 5.76 Å². The molecule has 0 spiro atoms. The summed E-state index contributed by atoms with van der Waals surface area (Å²) in [5.41, 5.74) is 14.4. The summed E-state index contributed by atoms with van der Waals surface area (Å²) in [6.07, 6.45) is 7.20. The van der Waals surface area contributed by atoms with E-state index in [1.54, 1.807) is 0 Å². The Balaban J connectivity index is 1.61. The maximum atomic E-state index is 11.6. The van der Waals surface area contributed by atoms with Crippen LogP contribution in [0.2, 0.25) is 0 Å². The molecule has 0 radical (unpaired) electrons. The summed E-state index contributed by atoms with van der Waals surface area (Å²) in [4.78, 5) is 26.8. The Morgan fingerprint density at radius 2 is 1.68 bits per heavy atom. The van der Waals surface area contributed by atoms with Gasteiger partial charge < -0.3 is 15.5 Å². The summed E-state index contributed by atoms with van der Waals surface area (Å²) < 4.78 is 0. The van der Waals surface area contributed by atoms with E-state index in [1.807, 2.05) is 13.0 Å². The number of aliphatic hydroxyl groups excluding tert-OH is 1. The van der Waals surface area contributed by atoms with Gasteiger partial charge in [0.15, 0.2) is 0 Å². The first-order valence-electron chi connectivity index (χ1n) is 14.1. The van der Waals surface area contributed by atoms with Gasteiger partial charge in [0.25, 0.3) is 0 Å². The molecule has 0 aromatic carbocycles. The van der Waals surface area contributed by atoms with Gasteiger partial charge in [0, 0.05) is 47.2 Å². The second-order valence-electron chi connectivity index (χ2n) is 11.9. The number of aliphatic hydroxyl groups is 1. The van der Waals surface area contributed by atoms with Crippen LogP contribution >= 0.6 is 0 Å². The largest absolute Gasteiger partial charge is 0.511 e. The van der Waals surface area contributed by atoms with E-state index in [0.29, 0.717) is 18.6 Å². The van der Waals surface area contributed by atoms with Crippen LogP contribution in [0.15, 0.2) is 106 Å². The molecule has 0 aromatic heterocycles. The SMILES string of the molecule is CC1=C2C=C3N=C(C=C4N=C(C=C5NC(=C6CC(O)=C1C6=N2)C(CCC(=O)O)C5C)C(C)=C4C(C)C)C(C)=C3C. The lowest BCUT2D eigenvalue weighted by molar-refractivity contribution is -0.137. The van der Waals surface area contributed by atoms with Crippen molar-refractivity contribution in [2.75, 3.05) is 0 Å². The number of fused-ring (bicyclic) bond motifs is 5. The van der Waals surface area contributed by atoms with E-state index < -0.39 is 5.97 Å². The molecule has 8 bridgehead atoms. The molecule has 0 saturated carbocycles. The van der Waals surface area contributed by atoms with Crippen molar-refractivity contribution in [1.82, 2.24) is 5.32 Å². The third-order valence-electron chi connectivity index (χ3n) is 9.18. The zero-order valence-corrected chi connectivity index (χ0v) is 24.2. The van der Waals surface area contributed by atoms with Crippen molar-refractivity contribution in [3.63, 3.8) is 0 Å². The summed E-state index contributed by atoms with van der Waals surface area (Å²) in [6.45, 7) is 14.8. The average molecular weight is 537 g/mol. The molecule has 0 amide bonds. The maximum Gasteiger partial charge on any atom is 0.303 e. The van der Waals surface area contributed by atoms with Gasteiger partial charge in [0.05, 0.1) is 34.2 Å². The number of carboxylic acid groups (broad SMARTS) is 1. The number of carboxylic acids is 1. The first-order valence-corrected chi connectivity index (χ1v) is 14.1. The van der Waals surface area contributed by atoms with E-state index in [1.165, 1.54) is 5.57 Å². The van der Waals surface area contributed by atoms with E-state index >= 15 is 0 Å². The molecule has 7 nitrogen and oxygen atoms in total. The van der Waals surface area contributed by atoms with Gasteiger partial charge in [-0.1, -0.05) is 20.8 Å². The van der Waals surface area contributed by atoms with Crippen molar-refractivity contribution in [3.8, 4) is 0 Å². The van der Waals surface area contributed by atoms with Crippen LogP contribution in [-0.2, 0) is 4.79 Å². The number of allylic oxidation sites excluding steroid dienone is 12. The van der Waals surface area contributed by atoms with Crippen molar-refractivity contribution in [1.29, 1.82) is 0 Å². The molecule has 2 unspecified atom stereocenters. The third-order valence-corrected chi connectivity index (χ3v) is 9.18. The van der Waals surface area contributed by atoms with E-state index in [9.17, 15) is 15.0 Å². The number of nitrogens with one attached hydrogen (secondary N) is 1. The molecule has 6 rings (SSSR count). The molecular formula is C33H36N4O3. The highest BCUT2D eigenvalue weighted by molar-refractivity contribution is 6.21. The molecule has 1 saturated heterocycles. The molecule has 2 atom stereocenters. The van der Waals surface area contributed by atoms with Crippen LogP contribution in [0.4, 0.5) is 0 Å². The fraction of sp³-hybridized carbons (Fsp3) is 0.394. The molecular weight excluding hydrogens is 500 g/mol. The fourth-order valence-electron chi connectivity index (χ4n) is 6.76. The molecule has 5 aliphatic heterocycles. The molecule has 7 heteroatoms. The number of hydrogen-bond acceptors (Lipinski definition) is 6. The first-order chi connectivity index (χ1) is 19.0. The van der Waals surface area contributed by atoms with Crippen LogP contribution < -0.4 is 5.32 Å². The summed E-state index contributed by atoms with van der Waals surface area (Å²) >= 11 is 0. The normalized spacial score (nSPS) is 25.6. The number of rotatable bonds is 4. The van der Waals surface area contributed by atoms with Crippen molar-refractivity contribution in [3.05, 3.63) is 91.5 Å². The van der Waals surface area contributed by atoms with E-state index in [2.05, 4.69) is 59.0 Å². The Hall–Kier alpha value is -4.00. The molecule has 0 aromatic rings. The summed E-state index contributed by atoms with van der Waals surface area (Å²) in [5, 5.41) is 24.3. The summed E-state index contributed by atoms with van der Waals surface area (Å²) in [6, 6.07) is 0. The third kappa shape index (κ3) is 3.94. The predicted octanol–water partition coefficient (Wildman–Crippen LogP) is 6.79. The summed E-state index contributed by atoms with van der Waals surface area (Å²) in [5.74, 6) is -0.193. The zero-order valence-electron chi connectivity index (χ0n) is 24.2. The number of carbonyl (C=O) groups is 1. The number of hydrogen-bond donors (Lipinski definition) is 3. The molecule has 3 N–H and O–H groups in total. The van der Waals surface area contributed by atoms with Crippen molar-refractivity contribution < 1.29 is 15.0 Å². The van der Waals surface area contributed by atoms with Gasteiger partial charge in [-0.2, -0.15) is 0 Å². The quantitative estimate of drug-likeness (QED) is 0.368. The molecule has 40 heavy (non-hydrogen) atoms. The number of aliphatic imine (C=N–C) groups is 3. The highest BCUT2D eigenvalue weighted by atomic mass is 16.4. The standard InChI is InChI=1S/C33H36N4O3/c1-14(2)30-18(6)25-12-24-17(5)20(8-9-29(39)40)32(36-24)21-10-28(38)31-19(7)26(37-33(21)31)11-22-15(3)16(4)23(34-22)13-27(30)35-25/h11-14,17,20,36,38H,8-10H2,1-7H3,(H,39,40). The van der Waals surface area contributed by atoms with Crippen LogP contribution in [0.1, 0.15) is 67.7 Å². The Bertz CT molecular complexity index is 1640. The van der Waals surface area contributed by atoms with Crippen molar-refractivity contribution in [2.45, 2.75) is 67.7 Å². The second kappa shape index (κ2) is 9.29. The van der Waals surface area contributed by atoms with Crippen LogP contribution in [0.3, 0.4) is 0 Å². The molecule has 5 heterocycles.